The standard InChI is InChI=1S/C31H90O15Si16/c1-50-33-48-34-51(2)42-60(11,41-50)29-23-16-14-20-26-47-32-58(27-21-15-17-24-30-61(12)43-54(5)37-52(3)38-55(6)44-61)35-49-36-59(9,10)28-22-18-19-25-31-62(13)45-56(7)39-53(4)40-57(8)46-62/h50-58H,14-31,47-49H2,1-13H3. The lowest BCUT2D eigenvalue weighted by Crippen LogP contribution is -2.52. The maximum atomic E-state index is 6.72. The molecule has 3 aliphatic rings. The number of hydrogen-bond donors (Lipinski definition) is 0. The summed E-state index contributed by atoms with van der Waals surface area (Å²) in [5, 5.41) is 0. The second kappa shape index (κ2) is 31.3. The molecule has 3 saturated heterocycles. The quantitative estimate of drug-likeness (QED) is 0.0869. The molecule has 3 heterocycles. The minimum atomic E-state index is -2.26. The van der Waals surface area contributed by atoms with Gasteiger partial charge in [0.1, 0.15) is 9.76 Å². The molecule has 0 saturated carbocycles. The van der Waals surface area contributed by atoms with Crippen LogP contribution < -0.4 is 0 Å². The smallest absolute Gasteiger partial charge is 0.316 e. The minimum Gasteiger partial charge on any atom is -0.444 e. The Morgan fingerprint density at radius 3 is 1.32 bits per heavy atom. The van der Waals surface area contributed by atoms with Crippen LogP contribution in [-0.4, -0.2) is 147 Å². The SMILES string of the molecule is C[SiH]1O[SiH](C)O[Si](C)(CCCCCC[SiH](O[SiH2]CCCCCC[Si]2(C)O[SiH](C)O[SiH2]O[SiH](C)O2)O[SiH2]O[Si](C)(C)CCCCCC[Si]2(C)O[SiH](C)O[SiH](C)O[SiH](C)O2)O[SiH](C)O1. The third kappa shape index (κ3) is 26.7. The molecule has 62 heavy (non-hydrogen) atoms. The Morgan fingerprint density at radius 1 is 0.484 bits per heavy atom. The van der Waals surface area contributed by atoms with Gasteiger partial charge < -0.3 is 61.7 Å². The Kier molecular flexibility index (Phi) is 29.8. The fourth-order valence-electron chi connectivity index (χ4n) is 8.41. The van der Waals surface area contributed by atoms with Crippen LogP contribution in [0.25, 0.3) is 0 Å². The van der Waals surface area contributed by atoms with Crippen LogP contribution in [-0.2, 0) is 61.7 Å². The van der Waals surface area contributed by atoms with E-state index in [2.05, 4.69) is 85.1 Å². The van der Waals surface area contributed by atoms with Gasteiger partial charge >= 0.3 is 35.0 Å². The predicted molar refractivity (Wildman–Crippen MR) is 290 cm³/mol. The molecule has 3 aliphatic heterocycles. The summed E-state index contributed by atoms with van der Waals surface area (Å²) in [4.78, 5) is 0. The van der Waals surface area contributed by atoms with E-state index >= 15 is 0 Å². The fraction of sp³-hybridized carbons (Fsp3) is 1.00. The molecule has 0 aromatic rings. The summed E-state index contributed by atoms with van der Waals surface area (Å²) < 4.78 is 95.2. The molecule has 0 bridgehead atoms. The molecule has 0 N–H and O–H groups in total. The van der Waals surface area contributed by atoms with Crippen molar-refractivity contribution in [2.24, 2.45) is 0 Å². The highest BCUT2D eigenvalue weighted by atomic mass is 28.5. The molecule has 0 spiro atoms. The van der Waals surface area contributed by atoms with Crippen LogP contribution in [0.5, 0.6) is 0 Å². The number of rotatable bonds is 27. The summed E-state index contributed by atoms with van der Waals surface area (Å²) in [6, 6.07) is 6.52. The van der Waals surface area contributed by atoms with Gasteiger partial charge in [0, 0.05) is 0 Å². The Morgan fingerprint density at radius 2 is 0.871 bits per heavy atom. The third-order valence-electron chi connectivity index (χ3n) is 11.4. The molecule has 7 atom stereocenters. The first-order chi connectivity index (χ1) is 29.3. The van der Waals surface area contributed by atoms with Gasteiger partial charge in [0.25, 0.3) is 94.3 Å². The second-order valence-electron chi connectivity index (χ2n) is 18.5. The minimum absolute atomic E-state index is 0.624. The Balaban J connectivity index is 1.37. The lowest BCUT2D eigenvalue weighted by Gasteiger charge is -2.37. The van der Waals surface area contributed by atoms with Gasteiger partial charge in [-0.25, -0.2) is 0 Å². The van der Waals surface area contributed by atoms with Crippen molar-refractivity contribution in [3.8, 4) is 0 Å². The van der Waals surface area contributed by atoms with Crippen LogP contribution >= 0.6 is 0 Å². The maximum Gasteiger partial charge on any atom is 0.316 e. The molecule has 0 aliphatic carbocycles. The van der Waals surface area contributed by atoms with Gasteiger partial charge in [0.2, 0.25) is 0 Å². The van der Waals surface area contributed by atoms with E-state index in [4.69, 9.17) is 61.7 Å². The summed E-state index contributed by atoms with van der Waals surface area (Å²) >= 11 is 0. The predicted octanol–water partition coefficient (Wildman–Crippen LogP) is 3.90. The van der Waals surface area contributed by atoms with Gasteiger partial charge in [-0.2, -0.15) is 0 Å². The summed E-state index contributed by atoms with van der Waals surface area (Å²) in [5.74, 6) is 0. The van der Waals surface area contributed by atoms with E-state index in [0.29, 0.717) is 0 Å². The van der Waals surface area contributed by atoms with Crippen LogP contribution in [0, 0.1) is 0 Å². The summed E-state index contributed by atoms with van der Waals surface area (Å²) in [6.07, 6.45) is 14.2. The van der Waals surface area contributed by atoms with Crippen LogP contribution in [0.2, 0.25) is 121 Å². The first-order valence-electron chi connectivity index (χ1n) is 24.1. The van der Waals surface area contributed by atoms with E-state index in [1.165, 1.54) is 63.5 Å². The van der Waals surface area contributed by atoms with E-state index in [0.717, 1.165) is 49.9 Å². The number of hydrogen-bond acceptors (Lipinski definition) is 15. The monoisotopic (exact) mass is 1150 g/mol. The van der Waals surface area contributed by atoms with Crippen molar-refractivity contribution in [3.05, 3.63) is 0 Å². The van der Waals surface area contributed by atoms with Crippen LogP contribution in [0.15, 0.2) is 0 Å². The Hall–Kier alpha value is 2.87. The molecule has 0 aromatic carbocycles. The molecule has 31 heteroatoms. The first-order valence-corrected chi connectivity index (χ1v) is 57.2. The van der Waals surface area contributed by atoms with E-state index in [1.807, 2.05) is 0 Å². The fourth-order valence-corrected chi connectivity index (χ4v) is 60.4. The number of unbranched alkanes of at least 4 members (excludes halogenated alkanes) is 9. The van der Waals surface area contributed by atoms with E-state index in [1.54, 1.807) is 0 Å². The molecule has 3 rings (SSSR count). The Labute approximate surface area is 404 Å². The molecule has 0 amide bonds. The zero-order valence-corrected chi connectivity index (χ0v) is 59.8. The molecular formula is C31H90O15Si16. The maximum absolute atomic E-state index is 6.72. The lowest BCUT2D eigenvalue weighted by molar-refractivity contribution is 0.271. The third-order valence-corrected chi connectivity index (χ3v) is 63.5. The van der Waals surface area contributed by atoms with Gasteiger partial charge in [-0.05, 0) is 121 Å². The van der Waals surface area contributed by atoms with Gasteiger partial charge in [0.05, 0.1) is 0 Å². The molecule has 15 nitrogen and oxygen atoms in total. The highest BCUT2D eigenvalue weighted by Crippen LogP contribution is 2.27. The van der Waals surface area contributed by atoms with Crippen molar-refractivity contribution in [2.45, 2.75) is 198 Å². The van der Waals surface area contributed by atoms with Crippen molar-refractivity contribution in [3.63, 3.8) is 0 Å². The topological polar surface area (TPSA) is 138 Å². The average Bonchev–Trinajstić information content (AvgIpc) is 3.12. The normalized spacial score (nSPS) is 35.8. The van der Waals surface area contributed by atoms with Gasteiger partial charge in [-0.15, -0.1) is 0 Å². The van der Waals surface area contributed by atoms with E-state index in [9.17, 15) is 0 Å². The summed E-state index contributed by atoms with van der Waals surface area (Å²) in [5.41, 5.74) is 0. The van der Waals surface area contributed by atoms with Crippen molar-refractivity contribution < 1.29 is 61.7 Å². The molecule has 0 aromatic heterocycles. The van der Waals surface area contributed by atoms with Crippen LogP contribution in [0.3, 0.4) is 0 Å². The zero-order valence-electron chi connectivity index (χ0n) is 41.2. The molecular weight excluding hydrogens is 1060 g/mol. The molecule has 3 fully saturated rings. The van der Waals surface area contributed by atoms with Crippen molar-refractivity contribution >= 4 is 147 Å². The average molecular weight is 1150 g/mol. The van der Waals surface area contributed by atoms with Gasteiger partial charge in [-0.1, -0.05) is 77.0 Å². The van der Waals surface area contributed by atoms with E-state index in [-0.39, 0.29) is 0 Å². The molecule has 0 radical (unpaired) electrons. The van der Waals surface area contributed by atoms with Crippen molar-refractivity contribution in [2.75, 3.05) is 0 Å². The second-order valence-corrected chi connectivity index (χ2v) is 59.4. The highest BCUT2D eigenvalue weighted by Gasteiger charge is 2.41. The summed E-state index contributed by atoms with van der Waals surface area (Å²) in [7, 11) is -26.1. The van der Waals surface area contributed by atoms with Gasteiger partial charge in [-0.3, -0.25) is 0 Å². The zero-order chi connectivity index (χ0) is 45.7. The lowest BCUT2D eigenvalue weighted by atomic mass is 10.2. The highest BCUT2D eigenvalue weighted by molar-refractivity contribution is 6.82. The Bertz CT molecular complexity index is 1160. The van der Waals surface area contributed by atoms with Crippen LogP contribution in [0.1, 0.15) is 77.0 Å². The van der Waals surface area contributed by atoms with Crippen molar-refractivity contribution in [1.82, 2.24) is 0 Å². The summed E-state index contributed by atoms with van der Waals surface area (Å²) in [6.45, 7) is 28.3. The van der Waals surface area contributed by atoms with E-state index < -0.39 is 147 Å². The first kappa shape index (κ1) is 59.2. The molecule has 368 valence electrons. The largest absolute Gasteiger partial charge is 0.444 e. The molecule has 7 unspecified atom stereocenters. The van der Waals surface area contributed by atoms with Crippen molar-refractivity contribution in [1.29, 1.82) is 0 Å². The van der Waals surface area contributed by atoms with Gasteiger partial charge in [0.15, 0.2) is 8.32 Å². The van der Waals surface area contributed by atoms with Crippen LogP contribution in [0.4, 0.5) is 0 Å².